The van der Waals surface area contributed by atoms with Gasteiger partial charge in [-0.2, -0.15) is 0 Å². The Hall–Kier alpha value is -1.61. The van der Waals surface area contributed by atoms with Crippen LogP contribution in [0.1, 0.15) is 227 Å². The van der Waals surface area contributed by atoms with Crippen molar-refractivity contribution in [2.45, 2.75) is 233 Å². The zero-order valence-corrected chi connectivity index (χ0v) is 36.0. The van der Waals surface area contributed by atoms with Crippen LogP contribution >= 0.6 is 0 Å². The maximum atomic E-state index is 14.1. The van der Waals surface area contributed by atoms with Gasteiger partial charge < -0.3 is 10.2 Å². The third-order valence-corrected chi connectivity index (χ3v) is 10.8. The topological polar surface area (TPSA) is 32.3 Å². The van der Waals surface area contributed by atoms with Gasteiger partial charge in [-0.25, -0.2) is 0 Å². The van der Waals surface area contributed by atoms with E-state index in [4.69, 9.17) is 0 Å². The first kappa shape index (κ1) is 50.4. The van der Waals surface area contributed by atoms with Crippen LogP contribution in [0, 0.1) is 5.92 Å². The Labute approximate surface area is 327 Å². The monoisotopic (exact) mass is 725 g/mol. The molecular weight excluding hydrogens is 633 g/mol. The van der Waals surface area contributed by atoms with E-state index in [-0.39, 0.29) is 5.92 Å². The largest absolute Gasteiger partial charge is 0.339 e. The molecule has 0 rings (SSSR count). The van der Waals surface area contributed by atoms with Crippen LogP contribution in [-0.2, 0) is 4.79 Å². The molecule has 0 saturated carbocycles. The number of rotatable bonds is 40. The lowest BCUT2D eigenvalue weighted by atomic mass is 9.93. The number of carbonyl (C=O) groups is 1. The molecule has 0 aromatic heterocycles. The molecule has 2 atom stereocenters. The molecule has 52 heavy (non-hydrogen) atoms. The third kappa shape index (κ3) is 33.0. The average molecular weight is 725 g/mol. The first-order chi connectivity index (χ1) is 25.7. The van der Waals surface area contributed by atoms with Crippen molar-refractivity contribution in [2.24, 2.45) is 5.92 Å². The molecule has 2 unspecified atom stereocenters. The second-order valence-corrected chi connectivity index (χ2v) is 15.6. The Morgan fingerprint density at radius 2 is 0.885 bits per heavy atom. The summed E-state index contributed by atoms with van der Waals surface area (Å²) in [4.78, 5) is 16.5. The van der Waals surface area contributed by atoms with Crippen molar-refractivity contribution in [1.82, 2.24) is 10.2 Å². The molecule has 0 radical (unpaired) electrons. The normalized spacial score (nSPS) is 13.4. The second kappa shape index (κ2) is 42.1. The Morgan fingerprint density at radius 1 is 0.481 bits per heavy atom. The van der Waals surface area contributed by atoms with Crippen LogP contribution in [0.5, 0.6) is 0 Å². The molecule has 0 heterocycles. The molecule has 1 N–H and O–H groups in total. The van der Waals surface area contributed by atoms with Crippen LogP contribution in [-0.4, -0.2) is 37.0 Å². The lowest BCUT2D eigenvalue weighted by Gasteiger charge is -2.35. The van der Waals surface area contributed by atoms with Crippen molar-refractivity contribution in [3.8, 4) is 0 Å². The lowest BCUT2D eigenvalue weighted by molar-refractivity contribution is -0.138. The Kier molecular flexibility index (Phi) is 40.8. The standard InChI is InChI=1S/C49H92N2O/c1-6-10-13-15-17-19-21-23-25-27-29-31-33-35-37-40-44-48(51(46-41-45-50-5)49(52)47(9-4)42-38-12-8-3)43-39-36-34-32-30-28-26-24-22-20-18-16-14-11-7-2/h16-19,22-25,47-48,50H,6-15,20-21,26-46H2,1-5H3/b18-16-,19-17-,24-22-,25-23-. The minimum atomic E-state index is 0.200. The highest BCUT2D eigenvalue weighted by Gasteiger charge is 2.28. The van der Waals surface area contributed by atoms with Gasteiger partial charge in [0, 0.05) is 18.5 Å². The second-order valence-electron chi connectivity index (χ2n) is 15.6. The predicted molar refractivity (Wildman–Crippen MR) is 235 cm³/mol. The molecule has 0 bridgehead atoms. The van der Waals surface area contributed by atoms with E-state index in [1.54, 1.807) is 0 Å². The molecule has 0 aromatic rings. The van der Waals surface area contributed by atoms with Crippen LogP contribution < -0.4 is 5.32 Å². The SMILES string of the molecule is CCCC/C=C\C/C=C\CCCCCCCCC(CCCCCCCC/C=C\C/C=C\CCCCC)N(CCCNC)C(=O)C(CC)CCCCC. The Balaban J connectivity index is 4.79. The minimum absolute atomic E-state index is 0.200. The van der Waals surface area contributed by atoms with E-state index in [0.717, 1.165) is 45.2 Å². The van der Waals surface area contributed by atoms with E-state index >= 15 is 0 Å². The van der Waals surface area contributed by atoms with E-state index in [1.165, 1.54) is 167 Å². The molecule has 1 amide bonds. The van der Waals surface area contributed by atoms with Crippen molar-refractivity contribution in [3.05, 3.63) is 48.6 Å². The lowest BCUT2D eigenvalue weighted by Crippen LogP contribution is -2.44. The fourth-order valence-electron chi connectivity index (χ4n) is 7.28. The van der Waals surface area contributed by atoms with E-state index in [1.807, 2.05) is 7.05 Å². The predicted octanol–water partition coefficient (Wildman–Crippen LogP) is 15.4. The summed E-state index contributed by atoms with van der Waals surface area (Å²) in [5.41, 5.74) is 0. The van der Waals surface area contributed by atoms with Gasteiger partial charge in [0.15, 0.2) is 0 Å². The van der Waals surface area contributed by atoms with Gasteiger partial charge in [0.1, 0.15) is 0 Å². The van der Waals surface area contributed by atoms with Crippen LogP contribution in [0.2, 0.25) is 0 Å². The molecule has 3 nitrogen and oxygen atoms in total. The van der Waals surface area contributed by atoms with Crippen molar-refractivity contribution < 1.29 is 4.79 Å². The molecule has 0 saturated heterocycles. The highest BCUT2D eigenvalue weighted by molar-refractivity contribution is 5.79. The van der Waals surface area contributed by atoms with Crippen molar-refractivity contribution in [1.29, 1.82) is 0 Å². The number of hydrogen-bond acceptors (Lipinski definition) is 2. The fraction of sp³-hybridized carbons (Fsp3) is 0.816. The van der Waals surface area contributed by atoms with Crippen molar-refractivity contribution in [3.63, 3.8) is 0 Å². The zero-order chi connectivity index (χ0) is 38.0. The smallest absolute Gasteiger partial charge is 0.225 e. The van der Waals surface area contributed by atoms with Gasteiger partial charge in [-0.1, -0.05) is 185 Å². The molecule has 0 fully saturated rings. The summed E-state index contributed by atoms with van der Waals surface area (Å²) < 4.78 is 0. The third-order valence-electron chi connectivity index (χ3n) is 10.8. The molecule has 0 aliphatic heterocycles. The summed E-state index contributed by atoms with van der Waals surface area (Å²) >= 11 is 0. The number of allylic oxidation sites excluding steroid dienone is 8. The van der Waals surface area contributed by atoms with E-state index in [9.17, 15) is 4.79 Å². The zero-order valence-electron chi connectivity index (χ0n) is 36.0. The molecule has 0 aliphatic carbocycles. The van der Waals surface area contributed by atoms with Gasteiger partial charge in [-0.3, -0.25) is 4.79 Å². The maximum Gasteiger partial charge on any atom is 0.225 e. The molecule has 304 valence electrons. The quantitative estimate of drug-likeness (QED) is 0.0504. The molecule has 3 heteroatoms. The number of hydrogen-bond donors (Lipinski definition) is 1. The van der Waals surface area contributed by atoms with Crippen LogP contribution in [0.4, 0.5) is 0 Å². The van der Waals surface area contributed by atoms with Gasteiger partial charge in [0.05, 0.1) is 0 Å². The Bertz CT molecular complexity index is 842. The van der Waals surface area contributed by atoms with Gasteiger partial charge in [-0.15, -0.1) is 0 Å². The number of amides is 1. The van der Waals surface area contributed by atoms with E-state index in [0.29, 0.717) is 11.9 Å². The molecular formula is C49H92N2O. The van der Waals surface area contributed by atoms with E-state index in [2.05, 4.69) is 86.5 Å². The number of unbranched alkanes of at least 4 members (excludes halogenated alkanes) is 19. The summed E-state index contributed by atoms with van der Waals surface area (Å²) in [5.74, 6) is 0.662. The average Bonchev–Trinajstić information content (AvgIpc) is 3.15. The van der Waals surface area contributed by atoms with Gasteiger partial charge in [0.25, 0.3) is 0 Å². The van der Waals surface area contributed by atoms with Crippen molar-refractivity contribution >= 4 is 5.91 Å². The summed E-state index contributed by atoms with van der Waals surface area (Å²) in [6.45, 7) is 10.9. The summed E-state index contributed by atoms with van der Waals surface area (Å²) in [5, 5.41) is 3.34. The highest BCUT2D eigenvalue weighted by atomic mass is 16.2. The summed E-state index contributed by atoms with van der Waals surface area (Å²) in [6, 6.07) is 0.413. The first-order valence-corrected chi connectivity index (χ1v) is 23.2. The van der Waals surface area contributed by atoms with Crippen LogP contribution in [0.15, 0.2) is 48.6 Å². The maximum absolute atomic E-state index is 14.1. The number of nitrogens with one attached hydrogen (secondary N) is 1. The van der Waals surface area contributed by atoms with Gasteiger partial charge >= 0.3 is 0 Å². The summed E-state index contributed by atoms with van der Waals surface area (Å²) in [7, 11) is 2.04. The van der Waals surface area contributed by atoms with Crippen LogP contribution in [0.25, 0.3) is 0 Å². The first-order valence-electron chi connectivity index (χ1n) is 23.2. The number of carbonyl (C=O) groups excluding carboxylic acids is 1. The minimum Gasteiger partial charge on any atom is -0.339 e. The highest BCUT2D eigenvalue weighted by Crippen LogP contribution is 2.24. The molecule has 0 aliphatic rings. The summed E-state index contributed by atoms with van der Waals surface area (Å²) in [6.07, 6.45) is 57.4. The molecule has 0 spiro atoms. The number of nitrogens with zero attached hydrogens (tertiary/aromatic N) is 1. The van der Waals surface area contributed by atoms with Gasteiger partial charge in [0.2, 0.25) is 5.91 Å². The van der Waals surface area contributed by atoms with Crippen molar-refractivity contribution in [2.75, 3.05) is 20.1 Å². The van der Waals surface area contributed by atoms with Crippen LogP contribution in [0.3, 0.4) is 0 Å². The van der Waals surface area contributed by atoms with E-state index < -0.39 is 0 Å². The Morgan fingerprint density at radius 3 is 1.35 bits per heavy atom. The molecule has 0 aromatic carbocycles. The fourth-order valence-corrected chi connectivity index (χ4v) is 7.28. The van der Waals surface area contributed by atoms with Gasteiger partial charge in [-0.05, 0) is 103 Å².